The van der Waals surface area contributed by atoms with Crippen molar-refractivity contribution in [1.29, 1.82) is 0 Å². The molecule has 0 aliphatic carbocycles. The minimum atomic E-state index is -0.995. The van der Waals surface area contributed by atoms with Crippen LogP contribution in [0.25, 0.3) is 10.8 Å². The molecule has 0 aliphatic rings. The van der Waals surface area contributed by atoms with Gasteiger partial charge in [-0.25, -0.2) is 10.2 Å². The monoisotopic (exact) mass is 348 g/mol. The standard InChI is InChI=1S/C20H16N2O4/c1-26-18-11-16-5-3-2-4-15(16)10-17(18)19(23)22-21-12-13-6-8-14(9-7-13)20(24)25/h2-12H,1H3,(H,22,23)(H,24,25)/b21-12-. The number of methoxy groups -OCH3 is 1. The molecule has 0 saturated carbocycles. The number of fused-ring (bicyclic) bond motifs is 1. The predicted octanol–water partition coefficient (Wildman–Crippen LogP) is 3.31. The van der Waals surface area contributed by atoms with Gasteiger partial charge in [0.2, 0.25) is 0 Å². The number of carbonyl (C=O) groups excluding carboxylic acids is 1. The smallest absolute Gasteiger partial charge is 0.335 e. The Hall–Kier alpha value is -3.67. The second-order valence-corrected chi connectivity index (χ2v) is 5.53. The van der Waals surface area contributed by atoms with Gasteiger partial charge in [-0.05, 0) is 40.6 Å². The summed E-state index contributed by atoms with van der Waals surface area (Å²) in [5.74, 6) is -0.932. The molecule has 0 spiro atoms. The normalized spacial score (nSPS) is 10.8. The van der Waals surface area contributed by atoms with Crippen LogP contribution < -0.4 is 10.2 Å². The van der Waals surface area contributed by atoms with E-state index < -0.39 is 11.9 Å². The van der Waals surface area contributed by atoms with Crippen molar-refractivity contribution in [3.63, 3.8) is 0 Å². The van der Waals surface area contributed by atoms with Crippen molar-refractivity contribution in [2.75, 3.05) is 7.11 Å². The van der Waals surface area contributed by atoms with Gasteiger partial charge in [0.25, 0.3) is 5.91 Å². The molecule has 0 heterocycles. The number of benzene rings is 3. The van der Waals surface area contributed by atoms with Gasteiger partial charge in [0.15, 0.2) is 0 Å². The Bertz CT molecular complexity index is 994. The third-order valence-corrected chi connectivity index (χ3v) is 3.85. The Labute approximate surface area is 149 Å². The van der Waals surface area contributed by atoms with Crippen LogP contribution in [0.5, 0.6) is 5.75 Å². The lowest BCUT2D eigenvalue weighted by atomic mass is 10.1. The van der Waals surface area contributed by atoms with Gasteiger partial charge < -0.3 is 9.84 Å². The fourth-order valence-corrected chi connectivity index (χ4v) is 2.50. The van der Waals surface area contributed by atoms with Crippen molar-refractivity contribution in [3.05, 3.63) is 77.4 Å². The minimum absolute atomic E-state index is 0.187. The van der Waals surface area contributed by atoms with E-state index in [1.807, 2.05) is 24.3 Å². The van der Waals surface area contributed by atoms with Crippen molar-refractivity contribution < 1.29 is 19.4 Å². The zero-order valence-corrected chi connectivity index (χ0v) is 14.0. The Morgan fingerprint density at radius 1 is 1.04 bits per heavy atom. The first-order valence-corrected chi connectivity index (χ1v) is 7.82. The summed E-state index contributed by atoms with van der Waals surface area (Å²) in [6.45, 7) is 0. The Balaban J connectivity index is 1.77. The number of aromatic carboxylic acids is 1. The molecule has 1 amide bonds. The van der Waals surface area contributed by atoms with Crippen molar-refractivity contribution in [2.24, 2.45) is 5.10 Å². The first-order chi connectivity index (χ1) is 12.6. The summed E-state index contributed by atoms with van der Waals surface area (Å²) in [5, 5.41) is 14.7. The third-order valence-electron chi connectivity index (χ3n) is 3.85. The highest BCUT2D eigenvalue weighted by Crippen LogP contribution is 2.25. The summed E-state index contributed by atoms with van der Waals surface area (Å²) in [6, 6.07) is 17.4. The summed E-state index contributed by atoms with van der Waals surface area (Å²) in [7, 11) is 1.51. The number of rotatable bonds is 5. The zero-order chi connectivity index (χ0) is 18.5. The first kappa shape index (κ1) is 17.2. The molecular formula is C20H16N2O4. The molecule has 3 aromatic rings. The molecule has 130 valence electrons. The lowest BCUT2D eigenvalue weighted by molar-refractivity contribution is 0.0696. The van der Waals surface area contributed by atoms with Crippen LogP contribution in [0.15, 0.2) is 65.8 Å². The Kier molecular flexibility index (Phi) is 4.94. The van der Waals surface area contributed by atoms with Crippen LogP contribution >= 0.6 is 0 Å². The summed E-state index contributed by atoms with van der Waals surface area (Å²) in [4.78, 5) is 23.2. The number of nitrogens with zero attached hydrogens (tertiary/aromatic N) is 1. The van der Waals surface area contributed by atoms with Crippen molar-refractivity contribution >= 4 is 28.9 Å². The molecule has 0 fully saturated rings. The average Bonchev–Trinajstić information content (AvgIpc) is 2.67. The lowest BCUT2D eigenvalue weighted by Gasteiger charge is -2.09. The molecule has 0 aromatic heterocycles. The molecule has 0 unspecified atom stereocenters. The van der Waals surface area contributed by atoms with E-state index in [-0.39, 0.29) is 5.56 Å². The van der Waals surface area contributed by atoms with Crippen LogP contribution in [0.3, 0.4) is 0 Å². The van der Waals surface area contributed by atoms with Crippen LogP contribution in [0.4, 0.5) is 0 Å². The molecule has 0 bridgehead atoms. The second-order valence-electron chi connectivity index (χ2n) is 5.53. The van der Waals surface area contributed by atoms with Crippen LogP contribution in [0.1, 0.15) is 26.3 Å². The van der Waals surface area contributed by atoms with E-state index in [1.54, 1.807) is 24.3 Å². The van der Waals surface area contributed by atoms with Crippen LogP contribution in [-0.4, -0.2) is 30.3 Å². The van der Waals surface area contributed by atoms with Gasteiger partial charge in [-0.2, -0.15) is 5.10 Å². The highest BCUT2D eigenvalue weighted by molar-refractivity contribution is 6.02. The lowest BCUT2D eigenvalue weighted by Crippen LogP contribution is -2.18. The number of nitrogens with one attached hydrogen (secondary N) is 1. The number of hydrogen-bond donors (Lipinski definition) is 2. The zero-order valence-electron chi connectivity index (χ0n) is 14.0. The topological polar surface area (TPSA) is 88.0 Å². The van der Waals surface area contributed by atoms with Crippen molar-refractivity contribution in [2.45, 2.75) is 0 Å². The summed E-state index contributed by atoms with van der Waals surface area (Å²) >= 11 is 0. The van der Waals surface area contributed by atoms with Crippen LogP contribution in [-0.2, 0) is 0 Å². The number of carbonyl (C=O) groups is 2. The number of hydrogen-bond acceptors (Lipinski definition) is 4. The molecule has 3 rings (SSSR count). The SMILES string of the molecule is COc1cc2ccccc2cc1C(=O)N/N=C\c1ccc(C(=O)O)cc1. The van der Waals surface area contributed by atoms with Gasteiger partial charge in [0.1, 0.15) is 5.75 Å². The molecule has 2 N–H and O–H groups in total. The Morgan fingerprint density at radius 3 is 2.31 bits per heavy atom. The predicted molar refractivity (Wildman–Crippen MR) is 99.0 cm³/mol. The number of hydrazone groups is 1. The maximum absolute atomic E-state index is 12.4. The second kappa shape index (κ2) is 7.48. The third kappa shape index (κ3) is 3.70. The number of carboxylic acids is 1. The van der Waals surface area contributed by atoms with E-state index in [2.05, 4.69) is 10.5 Å². The summed E-state index contributed by atoms with van der Waals surface area (Å²) < 4.78 is 5.31. The van der Waals surface area contributed by atoms with Gasteiger partial charge in [-0.15, -0.1) is 0 Å². The van der Waals surface area contributed by atoms with Crippen LogP contribution in [0.2, 0.25) is 0 Å². The van der Waals surface area contributed by atoms with Crippen molar-refractivity contribution in [1.82, 2.24) is 5.43 Å². The van der Waals surface area contributed by atoms with E-state index in [0.717, 1.165) is 10.8 Å². The van der Waals surface area contributed by atoms with E-state index in [9.17, 15) is 9.59 Å². The van der Waals surface area contributed by atoms with E-state index in [1.165, 1.54) is 25.5 Å². The quantitative estimate of drug-likeness (QED) is 0.547. The van der Waals surface area contributed by atoms with Gasteiger partial charge in [0.05, 0.1) is 24.5 Å². The van der Waals surface area contributed by atoms with E-state index in [0.29, 0.717) is 16.9 Å². The summed E-state index contributed by atoms with van der Waals surface area (Å²) in [6.07, 6.45) is 1.44. The molecule has 26 heavy (non-hydrogen) atoms. The largest absolute Gasteiger partial charge is 0.496 e. The van der Waals surface area contributed by atoms with Gasteiger partial charge in [0, 0.05) is 0 Å². The number of ether oxygens (including phenoxy) is 1. The fraction of sp³-hybridized carbons (Fsp3) is 0.0500. The molecular weight excluding hydrogens is 332 g/mol. The molecule has 0 atom stereocenters. The van der Waals surface area contributed by atoms with E-state index >= 15 is 0 Å². The molecule has 6 heteroatoms. The maximum atomic E-state index is 12.4. The highest BCUT2D eigenvalue weighted by atomic mass is 16.5. The molecule has 0 aliphatic heterocycles. The summed E-state index contributed by atoms with van der Waals surface area (Å²) in [5.41, 5.74) is 3.69. The Morgan fingerprint density at radius 2 is 1.69 bits per heavy atom. The molecule has 0 radical (unpaired) electrons. The maximum Gasteiger partial charge on any atom is 0.335 e. The van der Waals surface area contributed by atoms with E-state index in [4.69, 9.17) is 9.84 Å². The van der Waals surface area contributed by atoms with Crippen LogP contribution in [0, 0.1) is 0 Å². The van der Waals surface area contributed by atoms with Gasteiger partial charge >= 0.3 is 5.97 Å². The molecule has 6 nitrogen and oxygen atoms in total. The van der Waals surface area contributed by atoms with Crippen molar-refractivity contribution in [3.8, 4) is 5.75 Å². The van der Waals surface area contributed by atoms with Gasteiger partial charge in [-0.3, -0.25) is 4.79 Å². The molecule has 0 saturated heterocycles. The molecule has 3 aromatic carbocycles. The van der Waals surface area contributed by atoms with Gasteiger partial charge in [-0.1, -0.05) is 36.4 Å². The highest BCUT2D eigenvalue weighted by Gasteiger charge is 2.13. The minimum Gasteiger partial charge on any atom is -0.496 e. The fourth-order valence-electron chi connectivity index (χ4n) is 2.50. The number of carboxylic acid groups (broad SMARTS) is 1. The first-order valence-electron chi connectivity index (χ1n) is 7.82. The average molecular weight is 348 g/mol. The number of amides is 1.